The molecular weight excluding hydrogens is 263 g/mol. The summed E-state index contributed by atoms with van der Waals surface area (Å²) in [4.78, 5) is 0. The Kier molecular flexibility index (Phi) is 2.09. The molecule has 64 valence electrons. The van der Waals surface area contributed by atoms with Crippen LogP contribution < -0.4 is 0 Å². The zero-order valence-corrected chi connectivity index (χ0v) is 7.84. The molecule has 2 bridgehead atoms. The fourth-order valence-corrected chi connectivity index (χ4v) is 2.16. The van der Waals surface area contributed by atoms with Gasteiger partial charge in [-0.1, -0.05) is 22.6 Å². The van der Waals surface area contributed by atoms with Crippen molar-refractivity contribution >= 4 is 22.6 Å². The molecule has 0 aliphatic carbocycles. The van der Waals surface area contributed by atoms with Crippen LogP contribution in [0.2, 0.25) is 0 Å². The van der Waals surface area contributed by atoms with Gasteiger partial charge in [0, 0.05) is 0 Å². The second-order valence-corrected chi connectivity index (χ2v) is 4.24. The van der Waals surface area contributed by atoms with Gasteiger partial charge in [0.25, 0.3) is 0 Å². The van der Waals surface area contributed by atoms with Crippen LogP contribution >= 0.6 is 22.6 Å². The average Bonchev–Trinajstić information content (AvgIpc) is 2.44. The number of ether oxygens (including phenoxy) is 2. The van der Waals surface area contributed by atoms with Crippen molar-refractivity contribution < 1.29 is 19.7 Å². The first-order valence-electron chi connectivity index (χ1n) is 3.47. The molecule has 0 amide bonds. The van der Waals surface area contributed by atoms with E-state index in [1.165, 1.54) is 0 Å². The summed E-state index contributed by atoms with van der Waals surface area (Å²) in [6.45, 7) is 0.391. The van der Waals surface area contributed by atoms with E-state index in [0.717, 1.165) is 0 Å². The molecule has 0 spiro atoms. The summed E-state index contributed by atoms with van der Waals surface area (Å²) in [6, 6.07) is 0. The highest BCUT2D eigenvalue weighted by atomic mass is 127. The molecule has 5 heteroatoms. The number of fused-ring (bicyclic) bond motifs is 2. The molecule has 1 unspecified atom stereocenters. The van der Waals surface area contributed by atoms with Gasteiger partial charge in [-0.25, -0.2) is 0 Å². The molecule has 0 aromatic heterocycles. The smallest absolute Gasteiger partial charge is 0.172 e. The summed E-state index contributed by atoms with van der Waals surface area (Å²) >= 11 is 2.03. The Balaban J connectivity index is 2.16. The lowest BCUT2D eigenvalue weighted by molar-refractivity contribution is -0.156. The third kappa shape index (κ3) is 1.19. The number of halogens is 1. The third-order valence-corrected chi connectivity index (χ3v) is 3.37. The van der Waals surface area contributed by atoms with Crippen LogP contribution in [-0.2, 0) is 9.47 Å². The number of rotatable bonds is 0. The van der Waals surface area contributed by atoms with Gasteiger partial charge in [-0.3, -0.25) is 0 Å². The minimum atomic E-state index is -0.796. The van der Waals surface area contributed by atoms with Gasteiger partial charge in [-0.2, -0.15) is 0 Å². The van der Waals surface area contributed by atoms with Crippen LogP contribution in [0.3, 0.4) is 0 Å². The minimum absolute atomic E-state index is 0.165. The maximum atomic E-state index is 9.41. The quantitative estimate of drug-likeness (QED) is 0.451. The van der Waals surface area contributed by atoms with Gasteiger partial charge in [0.05, 0.1) is 16.6 Å². The summed E-state index contributed by atoms with van der Waals surface area (Å²) in [5, 5.41) is 18.8. The highest BCUT2D eigenvalue weighted by molar-refractivity contribution is 14.1. The number of alkyl halides is 1. The highest BCUT2D eigenvalue weighted by Gasteiger charge is 2.48. The number of hydrogen-bond donors (Lipinski definition) is 2. The molecule has 2 fully saturated rings. The van der Waals surface area contributed by atoms with Crippen molar-refractivity contribution in [1.29, 1.82) is 0 Å². The molecule has 0 radical (unpaired) electrons. The predicted octanol–water partition coefficient (Wildman–Crippen LogP) is -0.733. The zero-order chi connectivity index (χ0) is 8.01. The van der Waals surface area contributed by atoms with Crippen molar-refractivity contribution in [2.45, 2.75) is 28.5 Å². The first-order valence-corrected chi connectivity index (χ1v) is 4.72. The van der Waals surface area contributed by atoms with E-state index in [2.05, 4.69) is 0 Å². The summed E-state index contributed by atoms with van der Waals surface area (Å²) in [6.07, 6.45) is -2.18. The van der Waals surface area contributed by atoms with Crippen molar-refractivity contribution in [3.05, 3.63) is 0 Å². The van der Waals surface area contributed by atoms with Gasteiger partial charge in [-0.15, -0.1) is 0 Å². The molecule has 2 heterocycles. The van der Waals surface area contributed by atoms with E-state index in [0.29, 0.717) is 6.61 Å². The Labute approximate surface area is 77.6 Å². The van der Waals surface area contributed by atoms with E-state index in [-0.39, 0.29) is 16.3 Å². The van der Waals surface area contributed by atoms with Crippen LogP contribution in [0.15, 0.2) is 0 Å². The molecule has 0 saturated carbocycles. The first-order chi connectivity index (χ1) is 5.20. The molecule has 2 rings (SSSR count). The molecule has 2 saturated heterocycles. The van der Waals surface area contributed by atoms with Gasteiger partial charge in [0.2, 0.25) is 0 Å². The molecule has 4 nitrogen and oxygen atoms in total. The van der Waals surface area contributed by atoms with Gasteiger partial charge in [-0.05, 0) is 0 Å². The van der Waals surface area contributed by atoms with Gasteiger partial charge >= 0.3 is 0 Å². The van der Waals surface area contributed by atoms with E-state index in [9.17, 15) is 10.2 Å². The first kappa shape index (κ1) is 8.18. The summed E-state index contributed by atoms with van der Waals surface area (Å²) in [5.74, 6) is 0. The zero-order valence-electron chi connectivity index (χ0n) is 5.68. The lowest BCUT2D eigenvalue weighted by Gasteiger charge is -2.32. The topological polar surface area (TPSA) is 58.9 Å². The van der Waals surface area contributed by atoms with E-state index in [1.807, 2.05) is 22.6 Å². The standard InChI is InChI=1S/C6H9IO4/c7-3-5(9)4(8)2-1-10-6(3)11-2/h2-6,8-9H,1H2/t2-,3-,4-,5-,6?/m1/s1. The second kappa shape index (κ2) is 2.81. The van der Waals surface area contributed by atoms with Crippen molar-refractivity contribution in [3.8, 4) is 0 Å². The fraction of sp³-hybridized carbons (Fsp3) is 1.00. The largest absolute Gasteiger partial charge is 0.389 e. The monoisotopic (exact) mass is 272 g/mol. The van der Waals surface area contributed by atoms with Crippen molar-refractivity contribution in [2.24, 2.45) is 0 Å². The van der Waals surface area contributed by atoms with E-state index in [1.54, 1.807) is 0 Å². The molecule has 5 atom stereocenters. The number of aliphatic hydroxyl groups excluding tert-OH is 2. The summed E-state index contributed by atoms with van der Waals surface area (Å²) in [5.41, 5.74) is 0. The lowest BCUT2D eigenvalue weighted by Crippen LogP contribution is -2.51. The van der Waals surface area contributed by atoms with Crippen LogP contribution in [0.25, 0.3) is 0 Å². The normalized spacial score (nSPS) is 56.5. The number of hydrogen-bond acceptors (Lipinski definition) is 4. The van der Waals surface area contributed by atoms with Crippen molar-refractivity contribution in [3.63, 3.8) is 0 Å². The number of aliphatic hydroxyl groups is 2. The Morgan fingerprint density at radius 2 is 2.00 bits per heavy atom. The Morgan fingerprint density at radius 1 is 1.27 bits per heavy atom. The van der Waals surface area contributed by atoms with Crippen LogP contribution in [-0.4, -0.2) is 45.3 Å². The molecule has 11 heavy (non-hydrogen) atoms. The highest BCUT2D eigenvalue weighted by Crippen LogP contribution is 2.32. The molecule has 0 aromatic carbocycles. The van der Waals surface area contributed by atoms with Crippen LogP contribution in [0.4, 0.5) is 0 Å². The van der Waals surface area contributed by atoms with Crippen LogP contribution in [0.1, 0.15) is 0 Å². The van der Waals surface area contributed by atoms with Gasteiger partial charge in [0.15, 0.2) is 6.29 Å². The van der Waals surface area contributed by atoms with E-state index >= 15 is 0 Å². The van der Waals surface area contributed by atoms with Crippen LogP contribution in [0.5, 0.6) is 0 Å². The average molecular weight is 272 g/mol. The Bertz CT molecular complexity index is 145. The fourth-order valence-electron chi connectivity index (χ4n) is 1.36. The summed E-state index contributed by atoms with van der Waals surface area (Å²) in [7, 11) is 0. The molecule has 2 N–H and O–H groups in total. The molecule has 2 aliphatic rings. The van der Waals surface area contributed by atoms with Crippen LogP contribution in [0, 0.1) is 0 Å². The van der Waals surface area contributed by atoms with Crippen molar-refractivity contribution in [1.82, 2.24) is 0 Å². The predicted molar refractivity (Wildman–Crippen MR) is 44.4 cm³/mol. The van der Waals surface area contributed by atoms with Crippen molar-refractivity contribution in [2.75, 3.05) is 6.61 Å². The Hall–Kier alpha value is 0.570. The maximum Gasteiger partial charge on any atom is 0.172 e. The summed E-state index contributed by atoms with van der Waals surface area (Å²) < 4.78 is 10.3. The van der Waals surface area contributed by atoms with Gasteiger partial charge in [0.1, 0.15) is 12.2 Å². The SMILES string of the molecule is O[C@H]1[C@H](O)[C@@H](I)C2OC[C@H]1O2. The van der Waals surface area contributed by atoms with E-state index in [4.69, 9.17) is 9.47 Å². The lowest BCUT2D eigenvalue weighted by atomic mass is 10.0. The van der Waals surface area contributed by atoms with E-state index < -0.39 is 12.2 Å². The minimum Gasteiger partial charge on any atom is -0.389 e. The molecule has 0 aromatic rings. The third-order valence-electron chi connectivity index (χ3n) is 2.05. The molecular formula is C6H9IO4. The molecule has 2 aliphatic heterocycles. The second-order valence-electron chi connectivity index (χ2n) is 2.80. The Morgan fingerprint density at radius 3 is 2.73 bits per heavy atom. The maximum absolute atomic E-state index is 9.41. The van der Waals surface area contributed by atoms with Gasteiger partial charge < -0.3 is 19.7 Å².